The Labute approximate surface area is 144 Å². The zero-order chi connectivity index (χ0) is 14.7. The van der Waals surface area contributed by atoms with Crippen LogP contribution in [0.2, 0.25) is 5.02 Å². The fourth-order valence-electron chi connectivity index (χ4n) is 2.89. The number of hydrogen-bond donors (Lipinski definition) is 1. The summed E-state index contributed by atoms with van der Waals surface area (Å²) in [5.41, 5.74) is 7.30. The quantitative estimate of drug-likeness (QED) is 0.857. The van der Waals surface area contributed by atoms with Crippen molar-refractivity contribution in [3.05, 3.63) is 28.8 Å². The van der Waals surface area contributed by atoms with E-state index in [0.29, 0.717) is 6.04 Å². The van der Waals surface area contributed by atoms with E-state index < -0.39 is 0 Å². The Hall–Kier alpha value is -0.480. The first kappa shape index (κ1) is 17.9. The minimum atomic E-state index is 0. The molecule has 2 fully saturated rings. The highest BCUT2D eigenvalue weighted by molar-refractivity contribution is 6.32. The van der Waals surface area contributed by atoms with Crippen LogP contribution in [0.15, 0.2) is 18.2 Å². The molecule has 1 aliphatic heterocycles. The van der Waals surface area contributed by atoms with Crippen LogP contribution in [-0.2, 0) is 6.42 Å². The molecule has 0 unspecified atom stereocenters. The highest BCUT2D eigenvalue weighted by Gasteiger charge is 2.22. The van der Waals surface area contributed by atoms with Gasteiger partial charge < -0.3 is 15.4 Å². The fraction of sp³-hybridized carbons (Fsp3) is 0.647. The molecule has 1 aliphatic carbocycles. The van der Waals surface area contributed by atoms with Crippen LogP contribution in [0.3, 0.4) is 0 Å². The summed E-state index contributed by atoms with van der Waals surface area (Å²) in [4.78, 5) is 2.46. The second kappa shape index (κ2) is 8.39. The van der Waals surface area contributed by atoms with E-state index >= 15 is 0 Å². The smallest absolute Gasteiger partial charge is 0.137 e. The zero-order valence-corrected chi connectivity index (χ0v) is 14.5. The summed E-state index contributed by atoms with van der Waals surface area (Å²) in [7, 11) is 0. The Kier molecular flexibility index (Phi) is 6.82. The molecule has 1 aromatic carbocycles. The van der Waals surface area contributed by atoms with Gasteiger partial charge in [0, 0.05) is 19.1 Å². The lowest BCUT2D eigenvalue weighted by molar-refractivity contribution is 0.211. The number of likely N-dealkylation sites (tertiary alicyclic amines) is 1. The minimum absolute atomic E-state index is 0. The predicted molar refractivity (Wildman–Crippen MR) is 94.3 cm³/mol. The van der Waals surface area contributed by atoms with Crippen LogP contribution in [0, 0.1) is 5.92 Å². The molecule has 1 aromatic rings. The Balaban J connectivity index is 0.00000176. The van der Waals surface area contributed by atoms with Crippen molar-refractivity contribution in [2.45, 2.75) is 38.1 Å². The molecule has 2 aliphatic rings. The van der Waals surface area contributed by atoms with E-state index in [1.807, 2.05) is 12.1 Å². The van der Waals surface area contributed by atoms with Crippen molar-refractivity contribution >= 4 is 24.0 Å². The fourth-order valence-corrected chi connectivity index (χ4v) is 3.15. The van der Waals surface area contributed by atoms with Crippen LogP contribution in [0.5, 0.6) is 5.75 Å². The van der Waals surface area contributed by atoms with Gasteiger partial charge in [-0.2, -0.15) is 0 Å². The number of benzene rings is 1. The second-order valence-electron chi connectivity index (χ2n) is 6.47. The summed E-state index contributed by atoms with van der Waals surface area (Å²) in [6.45, 7) is 4.07. The van der Waals surface area contributed by atoms with E-state index in [-0.39, 0.29) is 12.4 Å². The van der Waals surface area contributed by atoms with Crippen molar-refractivity contribution in [3.63, 3.8) is 0 Å². The third-order valence-electron chi connectivity index (χ3n) is 4.43. The summed E-state index contributed by atoms with van der Waals surface area (Å²) < 4.78 is 5.77. The Morgan fingerprint density at radius 3 is 2.77 bits per heavy atom. The van der Waals surface area contributed by atoms with Crippen LogP contribution in [0.25, 0.3) is 0 Å². The largest absolute Gasteiger partial charge is 0.492 e. The van der Waals surface area contributed by atoms with Crippen molar-refractivity contribution < 1.29 is 4.74 Å². The first-order valence-corrected chi connectivity index (χ1v) is 8.47. The molecule has 3 rings (SSSR count). The number of nitrogens with zero attached hydrogens (tertiary/aromatic N) is 1. The number of halogens is 2. The number of piperidine rings is 1. The van der Waals surface area contributed by atoms with Crippen LogP contribution >= 0.6 is 24.0 Å². The first-order chi connectivity index (χ1) is 10.2. The second-order valence-corrected chi connectivity index (χ2v) is 6.88. The average Bonchev–Trinajstić information content (AvgIpc) is 3.28. The summed E-state index contributed by atoms with van der Waals surface area (Å²) in [6.07, 6.45) is 6.00. The van der Waals surface area contributed by atoms with Crippen molar-refractivity contribution in [1.82, 2.24) is 4.90 Å². The summed E-state index contributed by atoms with van der Waals surface area (Å²) in [5.74, 6) is 1.58. The standard InChI is InChI=1S/C17H25ClN2O.ClH/c18-16-10-13(5-6-17(16)21-12-14-3-4-14)7-9-20-8-1-2-15(19)11-20;/h5-6,10,14-15H,1-4,7-9,11-12,19H2;1H/t15-;/m1./s1. The van der Waals surface area contributed by atoms with Gasteiger partial charge in [-0.3, -0.25) is 0 Å². The molecule has 0 amide bonds. The number of rotatable bonds is 6. The van der Waals surface area contributed by atoms with Crippen molar-refractivity contribution in [1.29, 1.82) is 0 Å². The van der Waals surface area contributed by atoms with Crippen molar-refractivity contribution in [3.8, 4) is 5.75 Å². The number of ether oxygens (including phenoxy) is 1. The van der Waals surface area contributed by atoms with Gasteiger partial charge in [0.05, 0.1) is 11.6 Å². The Morgan fingerprint density at radius 1 is 1.27 bits per heavy atom. The SMILES string of the molecule is Cl.N[C@@H]1CCCN(CCc2ccc(OCC3CC3)c(Cl)c2)C1. The molecule has 22 heavy (non-hydrogen) atoms. The lowest BCUT2D eigenvalue weighted by Gasteiger charge is -2.30. The van der Waals surface area contributed by atoms with Gasteiger partial charge in [0.15, 0.2) is 0 Å². The molecule has 0 spiro atoms. The van der Waals surface area contributed by atoms with Crippen LogP contribution in [0.1, 0.15) is 31.2 Å². The maximum absolute atomic E-state index is 6.32. The molecule has 3 nitrogen and oxygen atoms in total. The zero-order valence-electron chi connectivity index (χ0n) is 13.0. The number of hydrogen-bond acceptors (Lipinski definition) is 3. The minimum Gasteiger partial charge on any atom is -0.492 e. The van der Waals surface area contributed by atoms with Gasteiger partial charge in [0.1, 0.15) is 5.75 Å². The highest BCUT2D eigenvalue weighted by Crippen LogP contribution is 2.32. The molecule has 124 valence electrons. The monoisotopic (exact) mass is 344 g/mol. The van der Waals surface area contributed by atoms with E-state index in [1.54, 1.807) is 0 Å². The molecule has 1 atom stereocenters. The first-order valence-electron chi connectivity index (χ1n) is 8.10. The Bertz CT molecular complexity index is 480. The maximum atomic E-state index is 6.32. The van der Waals surface area contributed by atoms with E-state index in [0.717, 1.165) is 49.2 Å². The topological polar surface area (TPSA) is 38.5 Å². The van der Waals surface area contributed by atoms with Crippen molar-refractivity contribution in [2.24, 2.45) is 11.7 Å². The third kappa shape index (κ3) is 5.31. The van der Waals surface area contributed by atoms with Crippen LogP contribution in [0.4, 0.5) is 0 Å². The molecule has 5 heteroatoms. The third-order valence-corrected chi connectivity index (χ3v) is 4.72. The molecule has 1 saturated carbocycles. The van der Waals surface area contributed by atoms with Gasteiger partial charge in [0.2, 0.25) is 0 Å². The summed E-state index contributed by atoms with van der Waals surface area (Å²) in [5, 5.41) is 0.739. The molecule has 0 radical (unpaired) electrons. The van der Waals surface area contributed by atoms with Gasteiger partial charge in [0.25, 0.3) is 0 Å². The van der Waals surface area contributed by atoms with Gasteiger partial charge in [-0.15, -0.1) is 12.4 Å². The molecule has 0 aromatic heterocycles. The summed E-state index contributed by atoms with van der Waals surface area (Å²) in [6, 6.07) is 6.55. The Morgan fingerprint density at radius 2 is 2.09 bits per heavy atom. The van der Waals surface area contributed by atoms with Gasteiger partial charge >= 0.3 is 0 Å². The predicted octanol–water partition coefficient (Wildman–Crippen LogP) is 3.52. The molecule has 2 N–H and O–H groups in total. The maximum Gasteiger partial charge on any atom is 0.137 e. The lowest BCUT2D eigenvalue weighted by Crippen LogP contribution is -2.43. The van der Waals surface area contributed by atoms with Crippen LogP contribution in [-0.4, -0.2) is 37.2 Å². The molecule has 1 heterocycles. The molecular formula is C17H26Cl2N2O. The van der Waals surface area contributed by atoms with Gasteiger partial charge in [-0.05, 0) is 62.3 Å². The normalized spacial score (nSPS) is 22.2. The van der Waals surface area contributed by atoms with Crippen molar-refractivity contribution in [2.75, 3.05) is 26.2 Å². The molecular weight excluding hydrogens is 319 g/mol. The van der Waals surface area contributed by atoms with Gasteiger partial charge in [-0.1, -0.05) is 17.7 Å². The molecule has 1 saturated heterocycles. The van der Waals surface area contributed by atoms with E-state index in [9.17, 15) is 0 Å². The van der Waals surface area contributed by atoms with Gasteiger partial charge in [-0.25, -0.2) is 0 Å². The average molecular weight is 345 g/mol. The summed E-state index contributed by atoms with van der Waals surface area (Å²) >= 11 is 6.32. The number of nitrogens with two attached hydrogens (primary N) is 1. The van der Waals surface area contributed by atoms with E-state index in [1.165, 1.54) is 31.4 Å². The molecule has 0 bridgehead atoms. The van der Waals surface area contributed by atoms with E-state index in [2.05, 4.69) is 11.0 Å². The lowest BCUT2D eigenvalue weighted by atomic mass is 10.1. The highest BCUT2D eigenvalue weighted by atomic mass is 35.5. The van der Waals surface area contributed by atoms with E-state index in [4.69, 9.17) is 22.1 Å². The van der Waals surface area contributed by atoms with Crippen LogP contribution < -0.4 is 10.5 Å².